The number of imidazole rings is 1. The van der Waals surface area contributed by atoms with Crippen molar-refractivity contribution >= 4 is 35.3 Å². The fraction of sp³-hybridized carbons (Fsp3) is 0.348. The molecule has 4 aromatic rings. The molecule has 5 heterocycles. The van der Waals surface area contributed by atoms with E-state index in [-0.39, 0.29) is 24.3 Å². The number of aromatic nitrogens is 2. The van der Waals surface area contributed by atoms with Crippen LogP contribution >= 0.6 is 0 Å². The number of nitrogens with one attached hydrogen (secondary N) is 3. The topological polar surface area (TPSA) is 177 Å². The molecule has 4 aliphatic rings. The molecule has 15 heteroatoms. The van der Waals surface area contributed by atoms with E-state index in [9.17, 15) is 19.2 Å². The summed E-state index contributed by atoms with van der Waals surface area (Å²) in [6.45, 7) is 5.24. The molecule has 2 fully saturated rings. The first-order valence-corrected chi connectivity index (χ1v) is 20.4. The molecule has 8 rings (SSSR count). The zero-order valence-electron chi connectivity index (χ0n) is 34.5. The van der Waals surface area contributed by atoms with Gasteiger partial charge in [-0.1, -0.05) is 105 Å². The van der Waals surface area contributed by atoms with Crippen molar-refractivity contribution in [3.63, 3.8) is 0 Å². The molecular weight excluding hydrogens is 779 g/mol. The monoisotopic (exact) mass is 827 g/mol. The molecular formula is C46H49N7O8. The lowest BCUT2D eigenvalue weighted by Crippen LogP contribution is -2.51. The van der Waals surface area contributed by atoms with E-state index in [0.29, 0.717) is 44.0 Å². The maximum absolute atomic E-state index is 14.3. The summed E-state index contributed by atoms with van der Waals surface area (Å²) in [4.78, 5) is 68.5. The molecule has 2 saturated heterocycles. The first-order chi connectivity index (χ1) is 29.6. The third kappa shape index (κ3) is 8.56. The lowest BCUT2D eigenvalue weighted by atomic mass is 9.95. The second-order valence-corrected chi connectivity index (χ2v) is 15.8. The summed E-state index contributed by atoms with van der Waals surface area (Å²) < 4.78 is 21.8. The van der Waals surface area contributed by atoms with Gasteiger partial charge in [0.15, 0.2) is 5.79 Å². The van der Waals surface area contributed by atoms with Gasteiger partial charge in [-0.2, -0.15) is 0 Å². The van der Waals surface area contributed by atoms with Crippen molar-refractivity contribution in [2.75, 3.05) is 40.5 Å². The molecule has 0 bridgehead atoms. The van der Waals surface area contributed by atoms with Gasteiger partial charge < -0.3 is 44.4 Å². The van der Waals surface area contributed by atoms with Crippen LogP contribution in [0.4, 0.5) is 9.59 Å². The van der Waals surface area contributed by atoms with E-state index in [0.717, 1.165) is 39.2 Å². The maximum Gasteiger partial charge on any atom is 0.407 e. The van der Waals surface area contributed by atoms with Crippen LogP contribution in [0.5, 0.6) is 0 Å². The fourth-order valence-electron chi connectivity index (χ4n) is 8.40. The minimum atomic E-state index is -0.972. The maximum atomic E-state index is 14.3. The van der Waals surface area contributed by atoms with Gasteiger partial charge in [0.05, 0.1) is 51.9 Å². The molecule has 316 valence electrons. The third-order valence-electron chi connectivity index (χ3n) is 11.6. The van der Waals surface area contributed by atoms with Crippen LogP contribution in [0.25, 0.3) is 28.0 Å². The zero-order chi connectivity index (χ0) is 42.7. The Morgan fingerprint density at radius 2 is 1.46 bits per heavy atom. The minimum absolute atomic E-state index is 0.141. The number of methoxy groups -OCH3 is 2. The number of carbonyl (C=O) groups excluding carboxylic acids is 4. The van der Waals surface area contributed by atoms with Crippen molar-refractivity contribution < 1.29 is 38.1 Å². The molecule has 1 aromatic heterocycles. The van der Waals surface area contributed by atoms with Gasteiger partial charge in [-0.25, -0.2) is 14.6 Å². The van der Waals surface area contributed by atoms with Crippen LogP contribution in [-0.2, 0) is 28.5 Å². The second-order valence-electron chi connectivity index (χ2n) is 15.8. The molecule has 0 unspecified atom stereocenters. The lowest BCUT2D eigenvalue weighted by molar-refractivity contribution is -0.153. The lowest BCUT2D eigenvalue weighted by Gasteiger charge is -2.29. The number of hydrogen-bond acceptors (Lipinski definition) is 10. The van der Waals surface area contributed by atoms with Gasteiger partial charge >= 0.3 is 12.2 Å². The summed E-state index contributed by atoms with van der Waals surface area (Å²) >= 11 is 0. The van der Waals surface area contributed by atoms with Crippen LogP contribution in [0.2, 0.25) is 0 Å². The van der Waals surface area contributed by atoms with E-state index in [1.807, 2.05) is 62.5 Å². The van der Waals surface area contributed by atoms with E-state index in [4.69, 9.17) is 23.9 Å². The van der Waals surface area contributed by atoms with Gasteiger partial charge in [0.1, 0.15) is 23.9 Å². The normalized spacial score (nSPS) is 20.1. The van der Waals surface area contributed by atoms with Crippen molar-refractivity contribution in [3.8, 4) is 22.4 Å². The molecule has 61 heavy (non-hydrogen) atoms. The van der Waals surface area contributed by atoms with Crippen molar-refractivity contribution in [2.45, 2.75) is 56.6 Å². The van der Waals surface area contributed by atoms with Crippen LogP contribution in [-0.4, -0.2) is 108 Å². The Morgan fingerprint density at radius 1 is 0.820 bits per heavy atom. The summed E-state index contributed by atoms with van der Waals surface area (Å²) in [6, 6.07) is 23.1. The van der Waals surface area contributed by atoms with Crippen LogP contribution in [0.15, 0.2) is 108 Å². The average molecular weight is 828 g/mol. The molecule has 3 aromatic carbocycles. The van der Waals surface area contributed by atoms with Crippen molar-refractivity contribution in [2.24, 2.45) is 10.9 Å². The zero-order valence-corrected chi connectivity index (χ0v) is 34.5. The van der Waals surface area contributed by atoms with Gasteiger partial charge in [0, 0.05) is 31.3 Å². The number of carbonyl (C=O) groups is 4. The number of nitrogens with zero attached hydrogens (tertiary/aromatic N) is 4. The number of aliphatic imine (C=N–C) groups is 1. The Balaban J connectivity index is 0.926. The predicted molar refractivity (Wildman–Crippen MR) is 227 cm³/mol. The first kappa shape index (κ1) is 41.2. The second kappa shape index (κ2) is 17.6. The van der Waals surface area contributed by atoms with Gasteiger partial charge in [-0.3, -0.25) is 14.6 Å². The van der Waals surface area contributed by atoms with Crippen LogP contribution in [0.3, 0.4) is 0 Å². The van der Waals surface area contributed by atoms with E-state index >= 15 is 0 Å². The fourth-order valence-corrected chi connectivity index (χ4v) is 8.40. The van der Waals surface area contributed by atoms with Gasteiger partial charge in [-0.15, -0.1) is 0 Å². The number of hydrogen-bond donors (Lipinski definition) is 3. The van der Waals surface area contributed by atoms with E-state index < -0.39 is 42.1 Å². The molecule has 4 atom stereocenters. The quantitative estimate of drug-likeness (QED) is 0.149. The number of H-pyrrole nitrogens is 1. The SMILES string of the molecule is COC(=O)N[C@H](C(=O)N1CC=C[C@H]1c1ncc(-c2ccc(-c3ccc(C4=CN=C([C@@H]5CC6(CN5C(=O)[C@H](NC(=O)OC)c5ccccc5)OCCO6)C4)cc3)cc2)[nH]1)C(C)C. The molecule has 4 aliphatic heterocycles. The predicted octanol–water partition coefficient (Wildman–Crippen LogP) is 6.19. The standard InChI is InChI=1S/C46H49N7O8/c1-28(2)39(50-44(56)58-3)42(54)52-20-8-11-37(52)41-48-26-36(49-41)32-18-16-30(17-19-32)29-12-14-31(15-13-29)34-23-35(47-25-34)38-24-46(60-21-22-61-46)27-53(38)43(55)40(51-45(57)59-4)33-9-6-5-7-10-33/h5-19,25-26,28,37-40H,20-24,27H2,1-4H3,(H,48,49)(H,50,56)(H,51,57)/t37-,38-,39-,40+/m0/s1. The minimum Gasteiger partial charge on any atom is -0.453 e. The molecule has 1 spiro atoms. The van der Waals surface area contributed by atoms with E-state index in [1.165, 1.54) is 14.2 Å². The summed E-state index contributed by atoms with van der Waals surface area (Å²) in [5.41, 5.74) is 7.34. The summed E-state index contributed by atoms with van der Waals surface area (Å²) in [7, 11) is 2.54. The van der Waals surface area contributed by atoms with Crippen molar-refractivity contribution in [1.82, 2.24) is 30.4 Å². The summed E-state index contributed by atoms with van der Waals surface area (Å²) in [6.07, 6.45) is 7.10. The van der Waals surface area contributed by atoms with Crippen LogP contribution in [0.1, 0.15) is 55.7 Å². The Kier molecular flexibility index (Phi) is 11.9. The van der Waals surface area contributed by atoms with Crippen molar-refractivity contribution in [1.29, 1.82) is 0 Å². The first-order valence-electron chi connectivity index (χ1n) is 20.4. The Hall–Kier alpha value is -6.58. The van der Waals surface area contributed by atoms with E-state index in [2.05, 4.69) is 57.0 Å². The van der Waals surface area contributed by atoms with E-state index in [1.54, 1.807) is 28.1 Å². The number of ether oxygens (including phenoxy) is 4. The van der Waals surface area contributed by atoms with Crippen LogP contribution in [0, 0.1) is 5.92 Å². The summed E-state index contributed by atoms with van der Waals surface area (Å²) in [5.74, 6) is -0.956. The molecule has 15 nitrogen and oxygen atoms in total. The smallest absolute Gasteiger partial charge is 0.407 e. The number of rotatable bonds is 11. The van der Waals surface area contributed by atoms with Gasteiger partial charge in [-0.05, 0) is 39.3 Å². The highest BCUT2D eigenvalue weighted by Crippen LogP contribution is 2.40. The highest BCUT2D eigenvalue weighted by atomic mass is 16.7. The third-order valence-corrected chi connectivity index (χ3v) is 11.6. The highest BCUT2D eigenvalue weighted by Gasteiger charge is 2.53. The van der Waals surface area contributed by atoms with Crippen LogP contribution < -0.4 is 10.6 Å². The molecule has 0 radical (unpaired) electrons. The number of likely N-dealkylation sites (tertiary alicyclic amines) is 1. The summed E-state index contributed by atoms with van der Waals surface area (Å²) in [5, 5.41) is 5.39. The Morgan fingerprint density at radius 3 is 2.11 bits per heavy atom. The van der Waals surface area contributed by atoms with Crippen molar-refractivity contribution in [3.05, 3.63) is 120 Å². The number of benzene rings is 3. The Bertz CT molecular complexity index is 2350. The molecule has 0 aliphatic carbocycles. The highest BCUT2D eigenvalue weighted by molar-refractivity contribution is 6.04. The molecule has 4 amide bonds. The number of amides is 4. The number of allylic oxidation sites excluding steroid dienone is 1. The largest absolute Gasteiger partial charge is 0.453 e. The number of alkyl carbamates (subject to hydrolysis) is 2. The average Bonchev–Trinajstić information content (AvgIpc) is 4.15. The van der Waals surface area contributed by atoms with Gasteiger partial charge in [0.25, 0.3) is 5.91 Å². The molecule has 3 N–H and O–H groups in total. The molecule has 0 saturated carbocycles. The Labute approximate surface area is 353 Å². The van der Waals surface area contributed by atoms with Gasteiger partial charge in [0.2, 0.25) is 5.91 Å². The number of aromatic amines is 1.